The SMILES string of the molecule is C=CCN(CC(=O)N(Cc1ccc2c(c1)OCO2)Cc1cccs1)S(=O)(=O)c1ccccc1. The molecule has 0 fully saturated rings. The van der Waals surface area contributed by atoms with Crippen molar-refractivity contribution >= 4 is 27.3 Å². The van der Waals surface area contributed by atoms with Gasteiger partial charge in [-0.2, -0.15) is 4.31 Å². The Labute approximate surface area is 197 Å². The van der Waals surface area contributed by atoms with Gasteiger partial charge in [-0.25, -0.2) is 8.42 Å². The summed E-state index contributed by atoms with van der Waals surface area (Å²) in [6.07, 6.45) is 1.48. The number of carbonyl (C=O) groups excluding carboxylic acids is 1. The number of fused-ring (bicyclic) bond motifs is 1. The Hall–Kier alpha value is -3.14. The average Bonchev–Trinajstić information content (AvgIpc) is 3.50. The lowest BCUT2D eigenvalue weighted by atomic mass is 10.2. The quantitative estimate of drug-likeness (QED) is 0.408. The summed E-state index contributed by atoms with van der Waals surface area (Å²) in [4.78, 5) is 16.2. The van der Waals surface area contributed by atoms with E-state index in [1.54, 1.807) is 34.4 Å². The molecule has 0 bridgehead atoms. The second-order valence-corrected chi connectivity index (χ2v) is 10.4. The molecule has 1 aliphatic rings. The standard InChI is InChI=1S/C24H24N2O5S2/c1-2-12-26(33(28,29)21-8-4-3-5-9-21)17-24(27)25(16-20-7-6-13-32-20)15-19-10-11-22-23(14-19)31-18-30-22/h2-11,13-14H,1,12,15-18H2. The van der Waals surface area contributed by atoms with Crippen molar-refractivity contribution in [2.75, 3.05) is 19.9 Å². The van der Waals surface area contributed by atoms with Crippen LogP contribution in [0.25, 0.3) is 0 Å². The molecule has 0 N–H and O–H groups in total. The zero-order chi connectivity index (χ0) is 23.3. The molecule has 1 aromatic heterocycles. The summed E-state index contributed by atoms with van der Waals surface area (Å²) in [5.41, 5.74) is 0.866. The van der Waals surface area contributed by atoms with Crippen LogP contribution in [0, 0.1) is 0 Å². The molecule has 0 atom stereocenters. The van der Waals surface area contributed by atoms with Gasteiger partial charge >= 0.3 is 0 Å². The van der Waals surface area contributed by atoms with E-state index in [9.17, 15) is 13.2 Å². The summed E-state index contributed by atoms with van der Waals surface area (Å²) in [5, 5.41) is 1.95. The number of hydrogen-bond donors (Lipinski definition) is 0. The number of hydrogen-bond acceptors (Lipinski definition) is 6. The molecule has 2 heterocycles. The van der Waals surface area contributed by atoms with Gasteiger partial charge in [-0.3, -0.25) is 4.79 Å². The van der Waals surface area contributed by atoms with Gasteiger partial charge in [0.15, 0.2) is 11.5 Å². The van der Waals surface area contributed by atoms with E-state index in [0.29, 0.717) is 24.6 Å². The first kappa shape index (κ1) is 23.0. The third-order valence-electron chi connectivity index (χ3n) is 5.12. The fraction of sp³-hybridized carbons (Fsp3) is 0.208. The van der Waals surface area contributed by atoms with Crippen LogP contribution in [0.3, 0.4) is 0 Å². The van der Waals surface area contributed by atoms with Gasteiger partial charge < -0.3 is 14.4 Å². The summed E-state index contributed by atoms with van der Waals surface area (Å²) in [6, 6.07) is 17.5. The second-order valence-electron chi connectivity index (χ2n) is 7.42. The normalized spacial score (nSPS) is 12.6. The summed E-state index contributed by atoms with van der Waals surface area (Å²) in [6.45, 7) is 4.25. The van der Waals surface area contributed by atoms with Gasteiger partial charge in [0.2, 0.25) is 22.7 Å². The predicted molar refractivity (Wildman–Crippen MR) is 127 cm³/mol. The topological polar surface area (TPSA) is 76.2 Å². The highest BCUT2D eigenvalue weighted by Gasteiger charge is 2.28. The molecule has 0 aliphatic carbocycles. The van der Waals surface area contributed by atoms with Gasteiger partial charge in [0.1, 0.15) is 0 Å². The molecule has 33 heavy (non-hydrogen) atoms. The fourth-order valence-corrected chi connectivity index (χ4v) is 5.57. The number of ether oxygens (including phenoxy) is 2. The molecule has 3 aromatic rings. The van der Waals surface area contributed by atoms with E-state index in [1.165, 1.54) is 18.2 Å². The maximum absolute atomic E-state index is 13.4. The zero-order valence-electron chi connectivity index (χ0n) is 17.9. The van der Waals surface area contributed by atoms with Crippen molar-refractivity contribution in [3.05, 3.63) is 89.1 Å². The molecule has 0 saturated heterocycles. The summed E-state index contributed by atoms with van der Waals surface area (Å²) >= 11 is 1.54. The highest BCUT2D eigenvalue weighted by molar-refractivity contribution is 7.89. The molecular weight excluding hydrogens is 460 g/mol. The van der Waals surface area contributed by atoms with Crippen LogP contribution in [0.4, 0.5) is 0 Å². The van der Waals surface area contributed by atoms with Gasteiger partial charge in [0, 0.05) is 18.0 Å². The minimum atomic E-state index is -3.85. The highest BCUT2D eigenvalue weighted by atomic mass is 32.2. The Morgan fingerprint density at radius 1 is 1.03 bits per heavy atom. The number of nitrogens with zero attached hydrogens (tertiary/aromatic N) is 2. The number of thiophene rings is 1. The van der Waals surface area contributed by atoms with Crippen molar-refractivity contribution in [3.63, 3.8) is 0 Å². The third-order valence-corrected chi connectivity index (χ3v) is 7.80. The lowest BCUT2D eigenvalue weighted by Crippen LogP contribution is -2.42. The van der Waals surface area contributed by atoms with Crippen LogP contribution in [-0.2, 0) is 27.9 Å². The summed E-state index contributed by atoms with van der Waals surface area (Å²) < 4.78 is 38.3. The average molecular weight is 485 g/mol. The lowest BCUT2D eigenvalue weighted by Gasteiger charge is -2.26. The van der Waals surface area contributed by atoms with Crippen molar-refractivity contribution in [1.82, 2.24) is 9.21 Å². The molecular formula is C24H24N2O5S2. The maximum atomic E-state index is 13.4. The van der Waals surface area contributed by atoms with Crippen molar-refractivity contribution in [2.24, 2.45) is 0 Å². The number of amides is 1. The van der Waals surface area contributed by atoms with Crippen LogP contribution < -0.4 is 9.47 Å². The molecule has 172 valence electrons. The molecule has 0 spiro atoms. The van der Waals surface area contributed by atoms with Crippen LogP contribution >= 0.6 is 11.3 Å². The van der Waals surface area contributed by atoms with E-state index < -0.39 is 10.0 Å². The Morgan fingerprint density at radius 3 is 2.55 bits per heavy atom. The Morgan fingerprint density at radius 2 is 1.82 bits per heavy atom. The first-order valence-electron chi connectivity index (χ1n) is 10.3. The van der Waals surface area contributed by atoms with E-state index >= 15 is 0 Å². The maximum Gasteiger partial charge on any atom is 0.243 e. The summed E-state index contributed by atoms with van der Waals surface area (Å²) in [7, 11) is -3.85. The van der Waals surface area contributed by atoms with Crippen LogP contribution in [0.2, 0.25) is 0 Å². The van der Waals surface area contributed by atoms with E-state index in [-0.39, 0.29) is 30.7 Å². The van der Waals surface area contributed by atoms with Crippen molar-refractivity contribution in [3.8, 4) is 11.5 Å². The molecule has 9 heteroatoms. The first-order chi connectivity index (χ1) is 16.0. The fourth-order valence-electron chi connectivity index (χ4n) is 3.47. The van der Waals surface area contributed by atoms with Crippen molar-refractivity contribution in [1.29, 1.82) is 0 Å². The van der Waals surface area contributed by atoms with Gasteiger partial charge in [-0.05, 0) is 41.3 Å². The minimum absolute atomic E-state index is 0.0276. The molecule has 0 unspecified atom stereocenters. The first-order valence-corrected chi connectivity index (χ1v) is 12.6. The largest absolute Gasteiger partial charge is 0.454 e. The van der Waals surface area contributed by atoms with Gasteiger partial charge in [-0.15, -0.1) is 17.9 Å². The minimum Gasteiger partial charge on any atom is -0.454 e. The predicted octanol–water partition coefficient (Wildman–Crippen LogP) is 3.88. The number of sulfonamides is 1. The highest BCUT2D eigenvalue weighted by Crippen LogP contribution is 2.33. The van der Waals surface area contributed by atoms with Gasteiger partial charge in [0.25, 0.3) is 0 Å². The molecule has 0 radical (unpaired) electrons. The summed E-state index contributed by atoms with van der Waals surface area (Å²) in [5.74, 6) is 0.999. The Kier molecular flexibility index (Phi) is 7.12. The van der Waals surface area contributed by atoms with Gasteiger partial charge in [-0.1, -0.05) is 36.4 Å². The van der Waals surface area contributed by atoms with Crippen molar-refractivity contribution in [2.45, 2.75) is 18.0 Å². The smallest absolute Gasteiger partial charge is 0.243 e. The van der Waals surface area contributed by atoms with Crippen LogP contribution in [0.1, 0.15) is 10.4 Å². The van der Waals surface area contributed by atoms with Crippen LogP contribution in [-0.4, -0.2) is 43.4 Å². The molecule has 2 aromatic carbocycles. The third kappa shape index (κ3) is 5.44. The van der Waals surface area contributed by atoms with E-state index in [0.717, 1.165) is 14.7 Å². The number of benzene rings is 2. The van der Waals surface area contributed by atoms with Gasteiger partial charge in [0.05, 0.1) is 18.0 Å². The van der Waals surface area contributed by atoms with Crippen LogP contribution in [0.5, 0.6) is 11.5 Å². The molecule has 1 amide bonds. The van der Waals surface area contributed by atoms with Crippen LogP contribution in [0.15, 0.2) is 83.6 Å². The molecule has 4 rings (SSSR count). The lowest BCUT2D eigenvalue weighted by molar-refractivity contribution is -0.132. The monoisotopic (exact) mass is 484 g/mol. The van der Waals surface area contributed by atoms with E-state index in [2.05, 4.69) is 6.58 Å². The molecule has 7 nitrogen and oxygen atoms in total. The van der Waals surface area contributed by atoms with E-state index in [1.807, 2.05) is 35.7 Å². The second kappa shape index (κ2) is 10.2. The van der Waals surface area contributed by atoms with Crippen molar-refractivity contribution < 1.29 is 22.7 Å². The molecule has 1 aliphatic heterocycles. The molecule has 0 saturated carbocycles. The Bertz CT molecular complexity index is 1210. The zero-order valence-corrected chi connectivity index (χ0v) is 19.6. The Balaban J connectivity index is 1.57. The van der Waals surface area contributed by atoms with E-state index in [4.69, 9.17) is 9.47 Å². The number of carbonyl (C=O) groups is 1. The number of rotatable bonds is 10.